The lowest BCUT2D eigenvalue weighted by molar-refractivity contribution is -0.139. The maximum absolute atomic E-state index is 12.9. The molecule has 3 rings (SSSR count). The van der Waals surface area contributed by atoms with Crippen LogP contribution in [-0.4, -0.2) is 11.1 Å². The molecule has 166 valence electrons. The third kappa shape index (κ3) is 6.00. The van der Waals surface area contributed by atoms with Crippen molar-refractivity contribution in [3.8, 4) is 16.9 Å². The minimum atomic E-state index is -4.43. The monoisotopic (exact) mass is 440 g/mol. The summed E-state index contributed by atoms with van der Waals surface area (Å²) in [7, 11) is 0. The molecule has 0 aromatic heterocycles. The topological polar surface area (TPSA) is 46.5 Å². The molecule has 0 spiro atoms. The number of benzene rings is 3. The Morgan fingerprint density at radius 2 is 1.66 bits per heavy atom. The van der Waals surface area contributed by atoms with Crippen LogP contribution in [0.25, 0.3) is 11.1 Å². The molecular weight excluding hydrogens is 417 g/mol. The lowest BCUT2D eigenvalue weighted by Crippen LogP contribution is -2.12. The number of carbonyl (C=O) groups is 1. The second kappa shape index (κ2) is 9.73. The number of rotatable bonds is 8. The fourth-order valence-corrected chi connectivity index (χ4v) is 3.36. The van der Waals surface area contributed by atoms with Crippen molar-refractivity contribution in [2.24, 2.45) is 0 Å². The SMILES string of the molecule is C=C(C)CC(C(=O)O)c1cc(OCc2ccccc2)cc(-c2ccc(C(F)(F)F)cc2)c1. The van der Waals surface area contributed by atoms with Gasteiger partial charge in [-0.25, -0.2) is 0 Å². The van der Waals surface area contributed by atoms with E-state index in [1.165, 1.54) is 12.1 Å². The molecule has 1 N–H and O–H groups in total. The van der Waals surface area contributed by atoms with Crippen molar-refractivity contribution >= 4 is 5.97 Å². The third-order valence-corrected chi connectivity index (χ3v) is 4.98. The van der Waals surface area contributed by atoms with Gasteiger partial charge in [0.15, 0.2) is 0 Å². The van der Waals surface area contributed by atoms with Crippen LogP contribution in [0.4, 0.5) is 13.2 Å². The van der Waals surface area contributed by atoms with E-state index in [0.717, 1.165) is 17.7 Å². The second-order valence-corrected chi connectivity index (χ2v) is 7.69. The van der Waals surface area contributed by atoms with Gasteiger partial charge < -0.3 is 9.84 Å². The molecule has 0 saturated carbocycles. The van der Waals surface area contributed by atoms with E-state index in [1.807, 2.05) is 30.3 Å². The van der Waals surface area contributed by atoms with Gasteiger partial charge in [0, 0.05) is 0 Å². The van der Waals surface area contributed by atoms with Gasteiger partial charge >= 0.3 is 12.1 Å². The van der Waals surface area contributed by atoms with Gasteiger partial charge in [-0.05, 0) is 59.9 Å². The molecule has 32 heavy (non-hydrogen) atoms. The first-order valence-electron chi connectivity index (χ1n) is 10.00. The zero-order valence-corrected chi connectivity index (χ0v) is 17.5. The summed E-state index contributed by atoms with van der Waals surface area (Å²) in [6.45, 7) is 5.84. The number of carboxylic acids is 1. The molecule has 0 aliphatic rings. The third-order valence-electron chi connectivity index (χ3n) is 4.98. The van der Waals surface area contributed by atoms with E-state index in [0.29, 0.717) is 28.0 Å². The van der Waals surface area contributed by atoms with E-state index >= 15 is 0 Å². The van der Waals surface area contributed by atoms with Crippen molar-refractivity contribution in [1.82, 2.24) is 0 Å². The summed E-state index contributed by atoms with van der Waals surface area (Å²) in [5.41, 5.74) is 2.51. The summed E-state index contributed by atoms with van der Waals surface area (Å²) in [5.74, 6) is -1.42. The second-order valence-electron chi connectivity index (χ2n) is 7.69. The van der Waals surface area contributed by atoms with Crippen LogP contribution in [0, 0.1) is 0 Å². The van der Waals surface area contributed by atoms with Crippen LogP contribution in [0.3, 0.4) is 0 Å². The molecule has 0 radical (unpaired) electrons. The van der Waals surface area contributed by atoms with Gasteiger partial charge in [-0.15, -0.1) is 6.58 Å². The number of alkyl halides is 3. The van der Waals surface area contributed by atoms with Gasteiger partial charge in [-0.1, -0.05) is 54.1 Å². The Hall–Kier alpha value is -3.54. The summed E-state index contributed by atoms with van der Waals surface area (Å²) < 4.78 is 44.7. The minimum Gasteiger partial charge on any atom is -0.489 e. The molecular formula is C26H23F3O3. The molecule has 0 bridgehead atoms. The molecule has 3 aromatic carbocycles. The number of aliphatic carboxylic acids is 1. The largest absolute Gasteiger partial charge is 0.489 e. The predicted molar refractivity (Wildman–Crippen MR) is 117 cm³/mol. The van der Waals surface area contributed by atoms with Gasteiger partial charge in [-0.3, -0.25) is 4.79 Å². The molecule has 3 nitrogen and oxygen atoms in total. The molecule has 0 heterocycles. The maximum atomic E-state index is 12.9. The summed E-state index contributed by atoms with van der Waals surface area (Å²) in [5, 5.41) is 9.75. The number of ether oxygens (including phenoxy) is 1. The Kier molecular flexibility index (Phi) is 7.03. The van der Waals surface area contributed by atoms with Gasteiger partial charge in [0.1, 0.15) is 12.4 Å². The number of carboxylic acid groups (broad SMARTS) is 1. The quantitative estimate of drug-likeness (QED) is 0.381. The maximum Gasteiger partial charge on any atom is 0.416 e. The first-order chi connectivity index (χ1) is 15.1. The lowest BCUT2D eigenvalue weighted by atomic mass is 9.90. The Labute approximate surface area is 184 Å². The number of halogens is 3. The van der Waals surface area contributed by atoms with E-state index in [-0.39, 0.29) is 13.0 Å². The van der Waals surface area contributed by atoms with Gasteiger partial charge in [-0.2, -0.15) is 13.2 Å². The van der Waals surface area contributed by atoms with E-state index in [2.05, 4.69) is 6.58 Å². The average molecular weight is 440 g/mol. The minimum absolute atomic E-state index is 0.240. The zero-order valence-electron chi connectivity index (χ0n) is 17.5. The van der Waals surface area contributed by atoms with Crippen LogP contribution >= 0.6 is 0 Å². The highest BCUT2D eigenvalue weighted by molar-refractivity contribution is 5.78. The lowest BCUT2D eigenvalue weighted by Gasteiger charge is -2.17. The van der Waals surface area contributed by atoms with Crippen molar-refractivity contribution in [3.63, 3.8) is 0 Å². The van der Waals surface area contributed by atoms with Gasteiger partial charge in [0.05, 0.1) is 11.5 Å². The van der Waals surface area contributed by atoms with E-state index in [4.69, 9.17) is 4.74 Å². The van der Waals surface area contributed by atoms with Crippen molar-refractivity contribution in [2.45, 2.75) is 32.0 Å². The molecule has 0 aliphatic heterocycles. The fourth-order valence-electron chi connectivity index (χ4n) is 3.36. The molecule has 0 saturated heterocycles. The summed E-state index contributed by atoms with van der Waals surface area (Å²) in [6.07, 6.45) is -4.19. The van der Waals surface area contributed by atoms with Crippen molar-refractivity contribution in [2.75, 3.05) is 0 Å². The number of hydrogen-bond donors (Lipinski definition) is 1. The van der Waals surface area contributed by atoms with Crippen molar-refractivity contribution < 1.29 is 27.8 Å². The summed E-state index contributed by atoms with van der Waals surface area (Å²) >= 11 is 0. The summed E-state index contributed by atoms with van der Waals surface area (Å²) in [6, 6.07) is 19.3. The van der Waals surface area contributed by atoms with Gasteiger partial charge in [0.2, 0.25) is 0 Å². The molecule has 0 fully saturated rings. The average Bonchev–Trinajstić information content (AvgIpc) is 2.76. The zero-order chi connectivity index (χ0) is 23.3. The standard InChI is InChI=1S/C26H23F3O3/c1-17(2)12-24(25(30)31)21-13-20(19-8-10-22(11-9-19)26(27,28)29)14-23(15-21)32-16-18-6-4-3-5-7-18/h3-11,13-15,24H,1,12,16H2,2H3,(H,30,31). The Morgan fingerprint density at radius 1 is 1.00 bits per heavy atom. The molecule has 1 unspecified atom stereocenters. The molecule has 0 aliphatic carbocycles. The van der Waals surface area contributed by atoms with Crippen LogP contribution in [0.15, 0.2) is 84.9 Å². The molecule has 6 heteroatoms. The Morgan fingerprint density at radius 3 is 2.22 bits per heavy atom. The van der Waals surface area contributed by atoms with Crippen molar-refractivity contribution in [1.29, 1.82) is 0 Å². The highest BCUT2D eigenvalue weighted by Crippen LogP contribution is 2.35. The summed E-state index contributed by atoms with van der Waals surface area (Å²) in [4.78, 5) is 11.9. The highest BCUT2D eigenvalue weighted by Gasteiger charge is 2.30. The van der Waals surface area contributed by atoms with Crippen molar-refractivity contribution in [3.05, 3.63) is 102 Å². The highest BCUT2D eigenvalue weighted by atomic mass is 19.4. The molecule has 3 aromatic rings. The van der Waals surface area contributed by atoms with E-state index in [9.17, 15) is 23.1 Å². The van der Waals surface area contributed by atoms with Crippen LogP contribution < -0.4 is 4.74 Å². The van der Waals surface area contributed by atoms with Crippen LogP contribution in [-0.2, 0) is 17.6 Å². The smallest absolute Gasteiger partial charge is 0.416 e. The number of hydrogen-bond acceptors (Lipinski definition) is 2. The first kappa shape index (κ1) is 23.1. The van der Waals surface area contributed by atoms with E-state index in [1.54, 1.807) is 25.1 Å². The normalized spacial score (nSPS) is 12.2. The molecule has 0 amide bonds. The van der Waals surface area contributed by atoms with Gasteiger partial charge in [0.25, 0.3) is 0 Å². The predicted octanol–water partition coefficient (Wildman–Crippen LogP) is 7.09. The Balaban J connectivity index is 2.01. The molecule has 1 atom stereocenters. The Bertz CT molecular complexity index is 1090. The van der Waals surface area contributed by atoms with Crippen LogP contribution in [0.5, 0.6) is 5.75 Å². The van der Waals surface area contributed by atoms with Crippen LogP contribution in [0.1, 0.15) is 36.0 Å². The number of allylic oxidation sites excluding steroid dienone is 1. The fraction of sp³-hybridized carbons (Fsp3) is 0.192. The first-order valence-corrected chi connectivity index (χ1v) is 10.00. The van der Waals surface area contributed by atoms with Crippen LogP contribution in [0.2, 0.25) is 0 Å². The van der Waals surface area contributed by atoms with E-state index < -0.39 is 23.6 Å².